The molecule has 1 aromatic carbocycles. The second-order valence-corrected chi connectivity index (χ2v) is 7.12. The molecule has 0 fully saturated rings. The highest BCUT2D eigenvalue weighted by molar-refractivity contribution is 5.96. The SMILES string of the molecule is CCCCCNC(=O)C(Cc1ccc(OC(C(=O)O)C(=O)O)cc1)NC(=O)NCCC(=O)O. The number of carbonyl (C=O) groups excluding carboxylic acids is 2. The van der Waals surface area contributed by atoms with Crippen molar-refractivity contribution >= 4 is 29.8 Å². The molecule has 0 spiro atoms. The number of carboxylic acid groups (broad SMARTS) is 3. The van der Waals surface area contributed by atoms with E-state index in [4.69, 9.17) is 20.1 Å². The van der Waals surface area contributed by atoms with Gasteiger partial charge < -0.3 is 36.0 Å². The maximum Gasteiger partial charge on any atom is 0.356 e. The Balaban J connectivity index is 2.82. The lowest BCUT2D eigenvalue weighted by molar-refractivity contribution is -0.159. The predicted molar refractivity (Wildman–Crippen MR) is 115 cm³/mol. The van der Waals surface area contributed by atoms with E-state index in [1.165, 1.54) is 24.3 Å². The van der Waals surface area contributed by atoms with E-state index in [1.54, 1.807) is 0 Å². The fourth-order valence-electron chi connectivity index (χ4n) is 2.69. The Labute approximate surface area is 190 Å². The summed E-state index contributed by atoms with van der Waals surface area (Å²) in [6, 6.07) is 4.08. The van der Waals surface area contributed by atoms with E-state index in [-0.39, 0.29) is 25.1 Å². The summed E-state index contributed by atoms with van der Waals surface area (Å²) in [5, 5.41) is 34.1. The van der Waals surface area contributed by atoms with Crippen LogP contribution in [0.1, 0.15) is 38.2 Å². The summed E-state index contributed by atoms with van der Waals surface area (Å²) in [4.78, 5) is 57.1. The lowest BCUT2D eigenvalue weighted by Gasteiger charge is -2.19. The molecule has 33 heavy (non-hydrogen) atoms. The van der Waals surface area contributed by atoms with Crippen LogP contribution in [0.2, 0.25) is 0 Å². The molecule has 0 bridgehead atoms. The van der Waals surface area contributed by atoms with Crippen LogP contribution in [-0.2, 0) is 25.6 Å². The number of ether oxygens (including phenoxy) is 1. The van der Waals surface area contributed by atoms with Crippen LogP contribution < -0.4 is 20.7 Å². The van der Waals surface area contributed by atoms with Crippen LogP contribution in [0.25, 0.3) is 0 Å². The number of amides is 3. The smallest absolute Gasteiger partial charge is 0.356 e. The van der Waals surface area contributed by atoms with Crippen molar-refractivity contribution in [3.05, 3.63) is 29.8 Å². The van der Waals surface area contributed by atoms with Crippen LogP contribution in [0, 0.1) is 0 Å². The molecule has 0 aliphatic heterocycles. The molecule has 6 N–H and O–H groups in total. The zero-order chi connectivity index (χ0) is 24.8. The van der Waals surface area contributed by atoms with Gasteiger partial charge in [0.05, 0.1) is 6.42 Å². The van der Waals surface area contributed by atoms with Crippen molar-refractivity contribution in [3.63, 3.8) is 0 Å². The van der Waals surface area contributed by atoms with Crippen molar-refractivity contribution in [1.29, 1.82) is 0 Å². The zero-order valence-electron chi connectivity index (χ0n) is 18.2. The molecule has 0 radical (unpaired) electrons. The van der Waals surface area contributed by atoms with E-state index in [0.717, 1.165) is 19.3 Å². The van der Waals surface area contributed by atoms with E-state index >= 15 is 0 Å². The number of hydrogen-bond donors (Lipinski definition) is 6. The van der Waals surface area contributed by atoms with Crippen molar-refractivity contribution in [2.24, 2.45) is 0 Å². The fraction of sp³-hybridized carbons (Fsp3) is 0.476. The summed E-state index contributed by atoms with van der Waals surface area (Å²) in [6.07, 6.45) is 0.434. The van der Waals surface area contributed by atoms with Gasteiger partial charge in [-0.2, -0.15) is 0 Å². The average Bonchev–Trinajstić information content (AvgIpc) is 2.74. The molecule has 12 heteroatoms. The number of carboxylic acids is 3. The Kier molecular flexibility index (Phi) is 11.8. The summed E-state index contributed by atoms with van der Waals surface area (Å²) in [7, 11) is 0. The standard InChI is InChI=1S/C21H29N3O9/c1-2-3-4-10-22-18(27)15(24-21(32)23-11-9-16(25)26)12-13-5-7-14(8-6-13)33-17(19(28)29)20(30)31/h5-8,15,17H,2-4,9-12H2,1H3,(H,22,27)(H,25,26)(H,28,29)(H,30,31)(H2,23,24,32). The fourth-order valence-corrected chi connectivity index (χ4v) is 2.69. The van der Waals surface area contributed by atoms with Gasteiger partial charge in [0.2, 0.25) is 5.91 Å². The number of nitrogens with one attached hydrogen (secondary N) is 3. The summed E-state index contributed by atoms with van der Waals surface area (Å²) < 4.78 is 4.94. The third-order valence-corrected chi connectivity index (χ3v) is 4.39. The topological polar surface area (TPSA) is 191 Å². The average molecular weight is 467 g/mol. The first-order chi connectivity index (χ1) is 15.6. The van der Waals surface area contributed by atoms with E-state index in [0.29, 0.717) is 12.1 Å². The minimum absolute atomic E-state index is 0.00786. The van der Waals surface area contributed by atoms with Gasteiger partial charge >= 0.3 is 23.9 Å². The van der Waals surface area contributed by atoms with Crippen molar-refractivity contribution < 1.29 is 44.0 Å². The molecule has 0 saturated carbocycles. The van der Waals surface area contributed by atoms with E-state index in [9.17, 15) is 24.0 Å². The Morgan fingerprint density at radius 2 is 1.55 bits per heavy atom. The predicted octanol–water partition coefficient (Wildman–Crippen LogP) is 0.595. The summed E-state index contributed by atoms with van der Waals surface area (Å²) >= 11 is 0. The summed E-state index contributed by atoms with van der Waals surface area (Å²) in [5.74, 6) is -4.78. The molecule has 182 valence electrons. The molecule has 0 aliphatic carbocycles. The molecule has 1 aromatic rings. The van der Waals surface area contributed by atoms with Crippen LogP contribution >= 0.6 is 0 Å². The molecule has 0 heterocycles. The van der Waals surface area contributed by atoms with Crippen LogP contribution in [0.5, 0.6) is 5.75 Å². The number of hydrogen-bond acceptors (Lipinski definition) is 6. The molecule has 0 aromatic heterocycles. The highest BCUT2D eigenvalue weighted by Crippen LogP contribution is 2.15. The van der Waals surface area contributed by atoms with E-state index in [2.05, 4.69) is 16.0 Å². The quantitative estimate of drug-likeness (QED) is 0.158. The third-order valence-electron chi connectivity index (χ3n) is 4.39. The first-order valence-corrected chi connectivity index (χ1v) is 10.4. The van der Waals surface area contributed by atoms with Gasteiger partial charge in [0.1, 0.15) is 11.8 Å². The second-order valence-electron chi connectivity index (χ2n) is 7.12. The van der Waals surface area contributed by atoms with Crippen LogP contribution in [0.3, 0.4) is 0 Å². The molecule has 3 amide bonds. The van der Waals surface area contributed by atoms with Gasteiger partial charge in [-0.05, 0) is 24.1 Å². The highest BCUT2D eigenvalue weighted by atomic mass is 16.5. The summed E-state index contributed by atoms with van der Waals surface area (Å²) in [5.41, 5.74) is 0.587. The number of urea groups is 1. The van der Waals surface area contributed by atoms with Gasteiger partial charge in [0, 0.05) is 19.5 Å². The van der Waals surface area contributed by atoms with Crippen LogP contribution in [-0.4, -0.2) is 70.4 Å². The van der Waals surface area contributed by atoms with Crippen molar-refractivity contribution in [2.45, 2.75) is 51.2 Å². The molecule has 1 rings (SSSR count). The number of aliphatic carboxylic acids is 3. The van der Waals surface area contributed by atoms with Crippen LogP contribution in [0.15, 0.2) is 24.3 Å². The monoisotopic (exact) mass is 467 g/mol. The largest absolute Gasteiger partial charge is 0.481 e. The zero-order valence-corrected chi connectivity index (χ0v) is 18.2. The molecule has 1 unspecified atom stereocenters. The summed E-state index contributed by atoms with van der Waals surface area (Å²) in [6.45, 7) is 2.35. The maximum absolute atomic E-state index is 12.6. The van der Waals surface area contributed by atoms with Gasteiger partial charge in [-0.25, -0.2) is 14.4 Å². The van der Waals surface area contributed by atoms with E-state index in [1.807, 2.05) is 6.92 Å². The van der Waals surface area contributed by atoms with Gasteiger partial charge in [-0.3, -0.25) is 9.59 Å². The Morgan fingerprint density at radius 1 is 0.909 bits per heavy atom. The normalized spacial score (nSPS) is 11.3. The number of carbonyl (C=O) groups is 5. The Hall–Kier alpha value is -3.83. The Morgan fingerprint density at radius 3 is 2.09 bits per heavy atom. The first-order valence-electron chi connectivity index (χ1n) is 10.4. The minimum atomic E-state index is -2.06. The van der Waals surface area contributed by atoms with Crippen molar-refractivity contribution in [1.82, 2.24) is 16.0 Å². The number of rotatable bonds is 15. The highest BCUT2D eigenvalue weighted by Gasteiger charge is 2.28. The lowest BCUT2D eigenvalue weighted by Crippen LogP contribution is -2.51. The van der Waals surface area contributed by atoms with Gasteiger partial charge in [-0.1, -0.05) is 31.9 Å². The number of benzene rings is 1. The van der Waals surface area contributed by atoms with Gasteiger partial charge in [-0.15, -0.1) is 0 Å². The second kappa shape index (κ2) is 14.3. The number of unbranched alkanes of at least 4 members (excludes halogenated alkanes) is 2. The molecule has 12 nitrogen and oxygen atoms in total. The molecule has 0 saturated heterocycles. The lowest BCUT2D eigenvalue weighted by atomic mass is 10.0. The molecule has 1 atom stereocenters. The maximum atomic E-state index is 12.6. The van der Waals surface area contributed by atoms with E-state index < -0.39 is 42.0 Å². The molecule has 0 aliphatic rings. The molecular weight excluding hydrogens is 438 g/mol. The first kappa shape index (κ1) is 27.2. The van der Waals surface area contributed by atoms with Crippen molar-refractivity contribution in [3.8, 4) is 5.75 Å². The third kappa shape index (κ3) is 10.8. The van der Waals surface area contributed by atoms with Crippen molar-refractivity contribution in [2.75, 3.05) is 13.1 Å². The van der Waals surface area contributed by atoms with Gasteiger partial charge in [0.15, 0.2) is 0 Å². The molecular formula is C21H29N3O9. The van der Waals surface area contributed by atoms with Gasteiger partial charge in [0.25, 0.3) is 6.10 Å². The minimum Gasteiger partial charge on any atom is -0.481 e. The Bertz CT molecular complexity index is 813. The van der Waals surface area contributed by atoms with Crippen LogP contribution in [0.4, 0.5) is 4.79 Å².